The molecular weight excluding hydrogens is 308 g/mol. The van der Waals surface area contributed by atoms with Crippen LogP contribution >= 0.6 is 11.8 Å². The van der Waals surface area contributed by atoms with Crippen LogP contribution in [0.3, 0.4) is 0 Å². The number of anilines is 1. The molecule has 0 saturated heterocycles. The highest BCUT2D eigenvalue weighted by atomic mass is 32.2. The van der Waals surface area contributed by atoms with Gasteiger partial charge in [-0.3, -0.25) is 0 Å². The van der Waals surface area contributed by atoms with Gasteiger partial charge in [0.1, 0.15) is 35.5 Å². The van der Waals surface area contributed by atoms with E-state index in [1.165, 1.54) is 0 Å². The van der Waals surface area contributed by atoms with E-state index >= 15 is 0 Å². The van der Waals surface area contributed by atoms with Gasteiger partial charge in [0.25, 0.3) is 0 Å². The second kappa shape index (κ2) is 7.84. The Morgan fingerprint density at radius 1 is 1.30 bits per heavy atom. The molecule has 5 nitrogen and oxygen atoms in total. The van der Waals surface area contributed by atoms with E-state index < -0.39 is 0 Å². The molecular formula is C17H20N4OS. The number of benzene rings is 1. The van der Waals surface area contributed by atoms with Gasteiger partial charge in [0, 0.05) is 5.25 Å². The molecule has 1 aromatic heterocycles. The highest BCUT2D eigenvalue weighted by Crippen LogP contribution is 2.25. The molecule has 2 rings (SSSR count). The fourth-order valence-electron chi connectivity index (χ4n) is 1.83. The highest BCUT2D eigenvalue weighted by molar-refractivity contribution is 7.99. The van der Waals surface area contributed by atoms with Gasteiger partial charge in [-0.2, -0.15) is 5.26 Å². The van der Waals surface area contributed by atoms with Crippen LogP contribution in [-0.4, -0.2) is 15.2 Å². The SMILES string of the molecule is CC[C@H](C)Sc1nc(N)c(C#N)c(COc2ccc(C)cc2)n1. The first-order valence-corrected chi connectivity index (χ1v) is 8.34. The maximum absolute atomic E-state index is 9.28. The number of hydrogen-bond donors (Lipinski definition) is 1. The number of ether oxygens (including phenoxy) is 1. The van der Waals surface area contributed by atoms with E-state index in [4.69, 9.17) is 10.5 Å². The number of nitrogens with two attached hydrogens (primary N) is 1. The molecule has 0 bridgehead atoms. The number of thioether (sulfide) groups is 1. The maximum Gasteiger partial charge on any atom is 0.190 e. The minimum absolute atomic E-state index is 0.187. The van der Waals surface area contributed by atoms with E-state index in [1.807, 2.05) is 31.2 Å². The number of nitrogen functional groups attached to an aromatic ring is 1. The van der Waals surface area contributed by atoms with Crippen molar-refractivity contribution in [2.75, 3.05) is 5.73 Å². The Morgan fingerprint density at radius 2 is 2.00 bits per heavy atom. The Hall–Kier alpha value is -2.26. The zero-order chi connectivity index (χ0) is 16.8. The summed E-state index contributed by atoms with van der Waals surface area (Å²) in [6.07, 6.45) is 1.00. The van der Waals surface area contributed by atoms with Gasteiger partial charge in [-0.05, 0) is 25.5 Å². The molecule has 1 heterocycles. The fourth-order valence-corrected chi connectivity index (χ4v) is 2.67. The van der Waals surface area contributed by atoms with Crippen LogP contribution < -0.4 is 10.5 Å². The van der Waals surface area contributed by atoms with Crippen LogP contribution in [0.1, 0.15) is 37.1 Å². The van der Waals surface area contributed by atoms with Gasteiger partial charge in [0.05, 0.1) is 0 Å². The molecule has 2 N–H and O–H groups in total. The second-order valence-electron chi connectivity index (χ2n) is 5.26. The number of aromatic nitrogens is 2. The summed E-state index contributed by atoms with van der Waals surface area (Å²) in [6.45, 7) is 6.41. The van der Waals surface area contributed by atoms with Crippen LogP contribution in [-0.2, 0) is 6.61 Å². The average Bonchev–Trinajstić information content (AvgIpc) is 2.54. The molecule has 0 aliphatic rings. The summed E-state index contributed by atoms with van der Waals surface area (Å²) in [6, 6.07) is 9.79. The van der Waals surface area contributed by atoms with Crippen molar-refractivity contribution in [3.05, 3.63) is 41.1 Å². The molecule has 0 aliphatic carbocycles. The first-order valence-electron chi connectivity index (χ1n) is 7.46. The number of nitrogens with zero attached hydrogens (tertiary/aromatic N) is 3. The normalized spacial score (nSPS) is 11.7. The summed E-state index contributed by atoms with van der Waals surface area (Å²) in [7, 11) is 0. The van der Waals surface area contributed by atoms with Crippen LogP contribution in [0.5, 0.6) is 5.75 Å². The van der Waals surface area contributed by atoms with Gasteiger partial charge in [-0.15, -0.1) is 0 Å². The molecule has 0 unspecified atom stereocenters. The molecule has 0 aliphatic heterocycles. The summed E-state index contributed by atoms with van der Waals surface area (Å²) < 4.78 is 5.72. The standard InChI is InChI=1S/C17H20N4OS/c1-4-12(3)23-17-20-15(14(9-18)16(19)21-17)10-22-13-7-5-11(2)6-8-13/h5-8,12H,4,10H2,1-3H3,(H2,19,20,21)/t12-/m0/s1. The summed E-state index contributed by atoms with van der Waals surface area (Å²) in [5.41, 5.74) is 7.86. The molecule has 6 heteroatoms. The van der Waals surface area contributed by atoms with Crippen molar-refractivity contribution in [2.24, 2.45) is 0 Å². The molecule has 23 heavy (non-hydrogen) atoms. The third kappa shape index (κ3) is 4.60. The summed E-state index contributed by atoms with van der Waals surface area (Å²) in [5.74, 6) is 0.934. The van der Waals surface area contributed by atoms with Crippen LogP contribution in [0.15, 0.2) is 29.4 Å². The minimum atomic E-state index is 0.187. The van der Waals surface area contributed by atoms with Gasteiger partial charge in [-0.25, -0.2) is 9.97 Å². The lowest BCUT2D eigenvalue weighted by Gasteiger charge is -2.12. The van der Waals surface area contributed by atoms with E-state index in [2.05, 4.69) is 29.9 Å². The number of rotatable bonds is 6. The monoisotopic (exact) mass is 328 g/mol. The Bertz CT molecular complexity index is 710. The third-order valence-electron chi connectivity index (χ3n) is 3.38. The van der Waals surface area contributed by atoms with Gasteiger partial charge in [-0.1, -0.05) is 43.3 Å². The fraction of sp³-hybridized carbons (Fsp3) is 0.353. The smallest absolute Gasteiger partial charge is 0.190 e. The summed E-state index contributed by atoms with van der Waals surface area (Å²) >= 11 is 1.55. The van der Waals surface area contributed by atoms with E-state index in [0.717, 1.165) is 17.7 Å². The van der Waals surface area contributed by atoms with Gasteiger partial charge in [0.2, 0.25) is 0 Å². The molecule has 1 aromatic carbocycles. The molecule has 0 saturated carbocycles. The lowest BCUT2D eigenvalue weighted by molar-refractivity contribution is 0.299. The van der Waals surface area contributed by atoms with Crippen LogP contribution in [0.2, 0.25) is 0 Å². The first-order chi connectivity index (χ1) is 11.0. The molecule has 2 aromatic rings. The van der Waals surface area contributed by atoms with E-state index in [1.54, 1.807) is 11.8 Å². The number of nitriles is 1. The van der Waals surface area contributed by atoms with Crippen molar-refractivity contribution in [3.63, 3.8) is 0 Å². The quantitative estimate of drug-likeness (QED) is 0.643. The Kier molecular flexibility index (Phi) is 5.83. The molecule has 0 spiro atoms. The van der Waals surface area contributed by atoms with Gasteiger partial charge < -0.3 is 10.5 Å². The summed E-state index contributed by atoms with van der Waals surface area (Å²) in [5, 5.41) is 10.2. The van der Waals surface area contributed by atoms with Gasteiger partial charge in [0.15, 0.2) is 5.16 Å². The minimum Gasteiger partial charge on any atom is -0.487 e. The van der Waals surface area contributed by atoms with Gasteiger partial charge >= 0.3 is 0 Å². The van der Waals surface area contributed by atoms with Crippen LogP contribution in [0.4, 0.5) is 5.82 Å². The van der Waals surface area contributed by atoms with E-state index in [9.17, 15) is 5.26 Å². The van der Waals surface area contributed by atoms with Crippen molar-refractivity contribution < 1.29 is 4.74 Å². The molecule has 0 radical (unpaired) electrons. The van der Waals surface area contributed by atoms with Crippen molar-refractivity contribution >= 4 is 17.6 Å². The predicted octanol–water partition coefficient (Wildman–Crippen LogP) is 3.71. The lowest BCUT2D eigenvalue weighted by Crippen LogP contribution is -2.09. The Labute approximate surface area is 140 Å². The Morgan fingerprint density at radius 3 is 2.61 bits per heavy atom. The van der Waals surface area contributed by atoms with E-state index in [0.29, 0.717) is 16.1 Å². The molecule has 120 valence electrons. The number of aryl methyl sites for hydroxylation is 1. The number of hydrogen-bond acceptors (Lipinski definition) is 6. The largest absolute Gasteiger partial charge is 0.487 e. The molecule has 0 fully saturated rings. The van der Waals surface area contributed by atoms with Crippen molar-refractivity contribution in [1.82, 2.24) is 9.97 Å². The van der Waals surface area contributed by atoms with Crippen molar-refractivity contribution in [3.8, 4) is 11.8 Å². The first kappa shape index (κ1) is 17.1. The predicted molar refractivity (Wildman–Crippen MR) is 92.3 cm³/mol. The Balaban J connectivity index is 2.21. The molecule has 0 amide bonds. The maximum atomic E-state index is 9.28. The second-order valence-corrected chi connectivity index (χ2v) is 6.67. The molecule has 1 atom stereocenters. The van der Waals surface area contributed by atoms with Crippen molar-refractivity contribution in [2.45, 2.75) is 44.2 Å². The highest BCUT2D eigenvalue weighted by Gasteiger charge is 2.15. The zero-order valence-corrected chi connectivity index (χ0v) is 14.4. The third-order valence-corrected chi connectivity index (χ3v) is 4.51. The zero-order valence-electron chi connectivity index (χ0n) is 13.5. The topological polar surface area (TPSA) is 84.8 Å². The summed E-state index contributed by atoms with van der Waals surface area (Å²) in [4.78, 5) is 8.66. The van der Waals surface area contributed by atoms with Crippen LogP contribution in [0, 0.1) is 18.3 Å². The van der Waals surface area contributed by atoms with E-state index in [-0.39, 0.29) is 18.0 Å². The van der Waals surface area contributed by atoms with Crippen LogP contribution in [0.25, 0.3) is 0 Å². The lowest BCUT2D eigenvalue weighted by atomic mass is 10.2. The average molecular weight is 328 g/mol. The van der Waals surface area contributed by atoms with Crippen molar-refractivity contribution in [1.29, 1.82) is 5.26 Å².